The molecule has 0 atom stereocenters. The normalized spacial score (nSPS) is 10.6. The zero-order valence-corrected chi connectivity index (χ0v) is 16.7. The largest absolute Gasteiger partial charge is 0.382 e. The van der Waals surface area contributed by atoms with Crippen molar-refractivity contribution in [1.29, 1.82) is 0 Å². The maximum Gasteiger partial charge on any atom is 0.382 e. The molecule has 0 bridgehead atoms. The molecule has 0 N–H and O–H groups in total. The van der Waals surface area contributed by atoms with Gasteiger partial charge in [-0.15, -0.1) is 0 Å². The molecule has 4 nitrogen and oxygen atoms in total. The summed E-state index contributed by atoms with van der Waals surface area (Å²) in [6.07, 6.45) is 0. The van der Waals surface area contributed by atoms with Crippen LogP contribution in [0.5, 0.6) is 0 Å². The molecular weight excluding hydrogens is 376 g/mol. The number of hydrogen-bond donors (Lipinski definition) is 0. The van der Waals surface area contributed by atoms with Gasteiger partial charge in [0, 0.05) is 12.5 Å². The Labute approximate surface area is 174 Å². The lowest BCUT2D eigenvalue weighted by Gasteiger charge is -2.14. The van der Waals surface area contributed by atoms with E-state index in [1.165, 1.54) is 6.92 Å². The Bertz CT molecular complexity index is 1220. The van der Waals surface area contributed by atoms with E-state index in [-0.39, 0.29) is 0 Å². The van der Waals surface area contributed by atoms with E-state index in [0.29, 0.717) is 5.57 Å². The lowest BCUT2D eigenvalue weighted by molar-refractivity contribution is -0.253. The molecule has 0 fully saturated rings. The van der Waals surface area contributed by atoms with Crippen molar-refractivity contribution < 1.29 is 19.4 Å². The third kappa shape index (κ3) is 3.94. The predicted molar refractivity (Wildman–Crippen MR) is 117 cm³/mol. The molecule has 0 spiro atoms. The van der Waals surface area contributed by atoms with Crippen molar-refractivity contribution in [2.45, 2.75) is 13.8 Å². The van der Waals surface area contributed by atoms with Crippen LogP contribution in [0, 0.1) is 0 Å². The monoisotopic (exact) mass is 396 g/mol. The van der Waals surface area contributed by atoms with Crippen molar-refractivity contribution in [2.24, 2.45) is 0 Å². The highest BCUT2D eigenvalue weighted by Gasteiger charge is 2.18. The van der Waals surface area contributed by atoms with Gasteiger partial charge >= 0.3 is 11.9 Å². The van der Waals surface area contributed by atoms with Gasteiger partial charge in [-0.2, -0.15) is 0 Å². The van der Waals surface area contributed by atoms with E-state index in [9.17, 15) is 9.59 Å². The maximum atomic E-state index is 12.6. The second kappa shape index (κ2) is 8.21. The van der Waals surface area contributed by atoms with E-state index in [1.807, 2.05) is 84.9 Å². The molecule has 0 aliphatic carbocycles. The van der Waals surface area contributed by atoms with Crippen LogP contribution in [0.25, 0.3) is 27.1 Å². The first-order valence-electron chi connectivity index (χ1n) is 9.61. The molecule has 0 unspecified atom stereocenters. The number of hydrogen-bond acceptors (Lipinski definition) is 4. The molecule has 0 aliphatic rings. The lowest BCUT2D eigenvalue weighted by Crippen LogP contribution is -2.11. The van der Waals surface area contributed by atoms with Gasteiger partial charge < -0.3 is 0 Å². The zero-order chi connectivity index (χ0) is 21.1. The van der Waals surface area contributed by atoms with Crippen molar-refractivity contribution >= 4 is 39.1 Å². The molecule has 0 radical (unpaired) electrons. The Hall–Kier alpha value is -3.92. The number of benzene rings is 4. The van der Waals surface area contributed by atoms with Crippen LogP contribution in [0.1, 0.15) is 25.0 Å². The quantitative estimate of drug-likeness (QED) is 0.248. The fraction of sp³-hybridized carbons (Fsp3) is 0.0769. The number of fused-ring (bicyclic) bond motifs is 2. The molecule has 0 aromatic heterocycles. The van der Waals surface area contributed by atoms with Crippen LogP contribution in [-0.2, 0) is 19.4 Å². The first-order valence-corrected chi connectivity index (χ1v) is 9.61. The number of rotatable bonds is 3. The van der Waals surface area contributed by atoms with E-state index in [1.54, 1.807) is 6.92 Å². The highest BCUT2D eigenvalue weighted by Crippen LogP contribution is 2.32. The van der Waals surface area contributed by atoms with Crippen LogP contribution < -0.4 is 0 Å². The summed E-state index contributed by atoms with van der Waals surface area (Å²) < 4.78 is 0. The van der Waals surface area contributed by atoms with Crippen LogP contribution in [0.15, 0.2) is 90.5 Å². The van der Waals surface area contributed by atoms with Crippen LogP contribution >= 0.6 is 0 Å². The standard InChI is InChI=1S/C26H20O4/c1-17(26(28)30-29-18(2)27)25(23-13-11-19-7-3-5-9-21(19)15-23)24-14-12-20-8-4-6-10-22(20)16-24/h3-16H,1-2H3. The summed E-state index contributed by atoms with van der Waals surface area (Å²) in [4.78, 5) is 32.8. The van der Waals surface area contributed by atoms with Gasteiger partial charge in [-0.25, -0.2) is 19.4 Å². The number of carbonyl (C=O) groups excluding carboxylic acids is 2. The fourth-order valence-corrected chi connectivity index (χ4v) is 3.55. The smallest absolute Gasteiger partial charge is 0.248 e. The SMILES string of the molecule is CC(=O)OOC(=O)C(C)=C(c1ccc2ccccc2c1)c1ccc2ccccc2c1. The Morgan fingerprint density at radius 1 is 0.600 bits per heavy atom. The minimum Gasteiger partial charge on any atom is -0.248 e. The average Bonchev–Trinajstić information content (AvgIpc) is 2.77. The Kier molecular flexibility index (Phi) is 5.31. The van der Waals surface area contributed by atoms with Crippen LogP contribution in [0.4, 0.5) is 0 Å². The van der Waals surface area contributed by atoms with Crippen molar-refractivity contribution in [1.82, 2.24) is 0 Å². The van der Waals surface area contributed by atoms with E-state index in [2.05, 4.69) is 4.89 Å². The Morgan fingerprint density at radius 2 is 1.07 bits per heavy atom. The summed E-state index contributed by atoms with van der Waals surface area (Å²) in [5.74, 6) is -1.39. The van der Waals surface area contributed by atoms with E-state index >= 15 is 0 Å². The summed E-state index contributed by atoms with van der Waals surface area (Å²) >= 11 is 0. The Morgan fingerprint density at radius 3 is 1.53 bits per heavy atom. The molecule has 4 aromatic carbocycles. The summed E-state index contributed by atoms with van der Waals surface area (Å²) in [6, 6.07) is 28.2. The second-order valence-corrected chi connectivity index (χ2v) is 7.07. The van der Waals surface area contributed by atoms with Gasteiger partial charge in [-0.05, 0) is 57.3 Å². The van der Waals surface area contributed by atoms with E-state index in [0.717, 1.165) is 38.2 Å². The van der Waals surface area contributed by atoms with Gasteiger partial charge in [0.2, 0.25) is 0 Å². The second-order valence-electron chi connectivity index (χ2n) is 7.07. The van der Waals surface area contributed by atoms with E-state index < -0.39 is 11.9 Å². The maximum absolute atomic E-state index is 12.6. The summed E-state index contributed by atoms with van der Waals surface area (Å²) in [7, 11) is 0. The zero-order valence-electron chi connectivity index (χ0n) is 16.7. The lowest BCUT2D eigenvalue weighted by atomic mass is 9.91. The van der Waals surface area contributed by atoms with Gasteiger partial charge in [0.15, 0.2) is 0 Å². The van der Waals surface area contributed by atoms with Crippen molar-refractivity contribution in [3.63, 3.8) is 0 Å². The summed E-state index contributed by atoms with van der Waals surface area (Å²) in [6.45, 7) is 2.85. The highest BCUT2D eigenvalue weighted by atomic mass is 17.2. The van der Waals surface area contributed by atoms with E-state index in [4.69, 9.17) is 4.89 Å². The summed E-state index contributed by atoms with van der Waals surface area (Å²) in [5.41, 5.74) is 2.83. The molecule has 0 saturated carbocycles. The molecule has 0 saturated heterocycles. The van der Waals surface area contributed by atoms with Gasteiger partial charge in [-0.3, -0.25) is 0 Å². The van der Waals surface area contributed by atoms with Gasteiger partial charge in [0.05, 0.1) is 0 Å². The first-order chi connectivity index (χ1) is 14.5. The first kappa shape index (κ1) is 19.4. The van der Waals surface area contributed by atoms with Crippen LogP contribution in [0.2, 0.25) is 0 Å². The molecule has 148 valence electrons. The third-order valence-electron chi connectivity index (χ3n) is 4.99. The Balaban J connectivity index is 1.89. The minimum atomic E-state index is -0.707. The molecule has 0 aliphatic heterocycles. The number of carbonyl (C=O) groups is 2. The van der Waals surface area contributed by atoms with Gasteiger partial charge in [0.1, 0.15) is 0 Å². The average molecular weight is 396 g/mol. The summed E-state index contributed by atoms with van der Waals surface area (Å²) in [5, 5.41) is 4.35. The van der Waals surface area contributed by atoms with Crippen LogP contribution in [-0.4, -0.2) is 11.9 Å². The molecular formula is C26H20O4. The predicted octanol–water partition coefficient (Wildman–Crippen LogP) is 5.84. The van der Waals surface area contributed by atoms with Crippen molar-refractivity contribution in [2.75, 3.05) is 0 Å². The van der Waals surface area contributed by atoms with Crippen LogP contribution in [0.3, 0.4) is 0 Å². The topological polar surface area (TPSA) is 52.6 Å². The highest BCUT2D eigenvalue weighted by molar-refractivity contribution is 6.03. The third-order valence-corrected chi connectivity index (χ3v) is 4.99. The van der Waals surface area contributed by atoms with Crippen molar-refractivity contribution in [3.05, 3.63) is 102 Å². The van der Waals surface area contributed by atoms with Gasteiger partial charge in [0.25, 0.3) is 0 Å². The molecule has 4 aromatic rings. The van der Waals surface area contributed by atoms with Crippen molar-refractivity contribution in [3.8, 4) is 0 Å². The molecule has 0 heterocycles. The fourth-order valence-electron chi connectivity index (χ4n) is 3.55. The molecule has 30 heavy (non-hydrogen) atoms. The minimum absolute atomic E-state index is 0.349. The molecule has 4 heteroatoms. The molecule has 0 amide bonds. The molecule has 4 rings (SSSR count). The van der Waals surface area contributed by atoms with Gasteiger partial charge in [-0.1, -0.05) is 72.8 Å².